The zero-order chi connectivity index (χ0) is 30.1. The summed E-state index contributed by atoms with van der Waals surface area (Å²) in [4.78, 5) is 2.35. The Morgan fingerprint density at radius 2 is 0.558 bits per heavy atom. The smallest absolute Gasteiger partial charge is 0.0462 e. The standard InChI is InChI=1S/C42H39N/c1-28-7-22-40(31(4)25-28)34-10-16-37(17-11-34)43(38-18-12-35(13-19-38)41-23-8-29(2)26-32(41)5)39-20-14-36(15-21-39)42-24-9-30(3)27-33(42)6/h7-27H,1-6H3. The first-order valence-corrected chi connectivity index (χ1v) is 15.1. The van der Waals surface area contributed by atoms with Gasteiger partial charge < -0.3 is 4.90 Å². The molecule has 0 heterocycles. The van der Waals surface area contributed by atoms with Crippen molar-refractivity contribution in [3.8, 4) is 33.4 Å². The second-order valence-corrected chi connectivity index (χ2v) is 11.9. The van der Waals surface area contributed by atoms with E-state index in [2.05, 4.69) is 174 Å². The van der Waals surface area contributed by atoms with E-state index >= 15 is 0 Å². The molecule has 6 rings (SSSR count). The van der Waals surface area contributed by atoms with Gasteiger partial charge in [-0.2, -0.15) is 0 Å². The summed E-state index contributed by atoms with van der Waals surface area (Å²) < 4.78 is 0. The van der Waals surface area contributed by atoms with Crippen molar-refractivity contribution in [1.29, 1.82) is 0 Å². The van der Waals surface area contributed by atoms with Crippen molar-refractivity contribution in [2.24, 2.45) is 0 Å². The maximum Gasteiger partial charge on any atom is 0.0462 e. The van der Waals surface area contributed by atoms with Crippen LogP contribution in [0.1, 0.15) is 33.4 Å². The number of hydrogen-bond donors (Lipinski definition) is 0. The van der Waals surface area contributed by atoms with Gasteiger partial charge in [0.25, 0.3) is 0 Å². The van der Waals surface area contributed by atoms with E-state index in [-0.39, 0.29) is 0 Å². The number of hydrogen-bond acceptors (Lipinski definition) is 1. The SMILES string of the molecule is Cc1ccc(-c2ccc(N(c3ccc(-c4ccc(C)cc4C)cc3)c3ccc(-c4ccc(C)cc4C)cc3)cc2)c(C)c1. The van der Waals surface area contributed by atoms with Crippen LogP contribution in [0.4, 0.5) is 17.1 Å². The summed E-state index contributed by atoms with van der Waals surface area (Å²) >= 11 is 0. The molecule has 0 aliphatic rings. The molecule has 0 amide bonds. The van der Waals surface area contributed by atoms with E-state index in [9.17, 15) is 0 Å². The van der Waals surface area contributed by atoms with Gasteiger partial charge in [-0.1, -0.05) is 108 Å². The molecular formula is C42H39N. The fraction of sp³-hybridized carbons (Fsp3) is 0.143. The molecule has 0 atom stereocenters. The Balaban J connectivity index is 1.40. The molecule has 0 N–H and O–H groups in total. The number of benzene rings is 6. The molecule has 0 aliphatic carbocycles. The van der Waals surface area contributed by atoms with Crippen LogP contribution in [0.2, 0.25) is 0 Å². The molecule has 0 saturated carbocycles. The maximum absolute atomic E-state index is 2.35. The van der Waals surface area contributed by atoms with Crippen LogP contribution in [0.25, 0.3) is 33.4 Å². The molecule has 0 radical (unpaired) electrons. The lowest BCUT2D eigenvalue weighted by Crippen LogP contribution is -2.09. The zero-order valence-corrected chi connectivity index (χ0v) is 26.1. The van der Waals surface area contributed by atoms with E-state index in [0.717, 1.165) is 17.1 Å². The lowest BCUT2D eigenvalue weighted by Gasteiger charge is -2.26. The Morgan fingerprint density at radius 3 is 0.791 bits per heavy atom. The minimum absolute atomic E-state index is 1.13. The molecule has 212 valence electrons. The van der Waals surface area contributed by atoms with E-state index in [4.69, 9.17) is 0 Å². The predicted molar refractivity (Wildman–Crippen MR) is 186 cm³/mol. The second kappa shape index (κ2) is 11.8. The number of rotatable bonds is 6. The first-order valence-electron chi connectivity index (χ1n) is 15.1. The summed E-state index contributed by atoms with van der Waals surface area (Å²) in [6, 6.07) is 46.9. The lowest BCUT2D eigenvalue weighted by atomic mass is 9.97. The molecular weight excluding hydrogens is 518 g/mol. The topological polar surface area (TPSA) is 3.24 Å². The number of nitrogens with zero attached hydrogens (tertiary/aromatic N) is 1. The van der Waals surface area contributed by atoms with E-state index < -0.39 is 0 Å². The maximum atomic E-state index is 2.35. The van der Waals surface area contributed by atoms with Crippen LogP contribution in [0.5, 0.6) is 0 Å². The average molecular weight is 558 g/mol. The third-order valence-corrected chi connectivity index (χ3v) is 8.46. The van der Waals surface area contributed by atoms with Crippen molar-refractivity contribution in [3.05, 3.63) is 161 Å². The summed E-state index contributed by atoms with van der Waals surface area (Å²) in [5, 5.41) is 0. The second-order valence-electron chi connectivity index (χ2n) is 11.9. The normalized spacial score (nSPS) is 11.0. The van der Waals surface area contributed by atoms with Gasteiger partial charge in [0.15, 0.2) is 0 Å². The third-order valence-electron chi connectivity index (χ3n) is 8.46. The van der Waals surface area contributed by atoms with Crippen molar-refractivity contribution in [1.82, 2.24) is 0 Å². The van der Waals surface area contributed by atoms with Gasteiger partial charge in [-0.15, -0.1) is 0 Å². The van der Waals surface area contributed by atoms with Crippen LogP contribution in [-0.2, 0) is 0 Å². The van der Waals surface area contributed by atoms with Gasteiger partial charge in [0.05, 0.1) is 0 Å². The van der Waals surface area contributed by atoms with E-state index in [1.165, 1.54) is 66.8 Å². The minimum atomic E-state index is 1.13. The molecule has 6 aromatic rings. The van der Waals surface area contributed by atoms with Gasteiger partial charge in [-0.05, 0) is 128 Å². The highest BCUT2D eigenvalue weighted by atomic mass is 15.1. The Hall–Kier alpha value is -4.88. The Bertz CT molecular complexity index is 1670. The van der Waals surface area contributed by atoms with Gasteiger partial charge in [-0.25, -0.2) is 0 Å². The average Bonchev–Trinajstić information content (AvgIpc) is 2.99. The summed E-state index contributed by atoms with van der Waals surface area (Å²) in [6.45, 7) is 13.0. The molecule has 43 heavy (non-hydrogen) atoms. The highest BCUT2D eigenvalue weighted by molar-refractivity contribution is 5.82. The molecule has 0 fully saturated rings. The van der Waals surface area contributed by atoms with Crippen molar-refractivity contribution in [2.75, 3.05) is 4.90 Å². The molecule has 6 aromatic carbocycles. The Kier molecular flexibility index (Phi) is 7.74. The molecule has 1 nitrogen and oxygen atoms in total. The van der Waals surface area contributed by atoms with E-state index in [1.54, 1.807) is 0 Å². The zero-order valence-electron chi connectivity index (χ0n) is 26.1. The van der Waals surface area contributed by atoms with Crippen molar-refractivity contribution < 1.29 is 0 Å². The van der Waals surface area contributed by atoms with Crippen molar-refractivity contribution in [3.63, 3.8) is 0 Å². The van der Waals surface area contributed by atoms with Crippen LogP contribution in [0, 0.1) is 41.5 Å². The molecule has 0 aromatic heterocycles. The molecule has 0 unspecified atom stereocenters. The number of anilines is 3. The highest BCUT2D eigenvalue weighted by Gasteiger charge is 2.15. The number of aryl methyl sites for hydroxylation is 6. The summed E-state index contributed by atoms with van der Waals surface area (Å²) in [7, 11) is 0. The largest absolute Gasteiger partial charge is 0.311 e. The third kappa shape index (κ3) is 5.90. The van der Waals surface area contributed by atoms with E-state index in [0.29, 0.717) is 0 Å². The van der Waals surface area contributed by atoms with Gasteiger partial charge in [-0.3, -0.25) is 0 Å². The van der Waals surface area contributed by atoms with Crippen molar-refractivity contribution in [2.45, 2.75) is 41.5 Å². The Labute approximate surface area is 257 Å². The van der Waals surface area contributed by atoms with Crippen LogP contribution < -0.4 is 4.90 Å². The molecule has 1 heteroatoms. The molecule has 0 spiro atoms. The van der Waals surface area contributed by atoms with Crippen LogP contribution in [0.15, 0.2) is 127 Å². The summed E-state index contributed by atoms with van der Waals surface area (Å²) in [6.07, 6.45) is 0. The van der Waals surface area contributed by atoms with Gasteiger partial charge in [0.1, 0.15) is 0 Å². The van der Waals surface area contributed by atoms with Crippen LogP contribution >= 0.6 is 0 Å². The highest BCUT2D eigenvalue weighted by Crippen LogP contribution is 2.38. The lowest BCUT2D eigenvalue weighted by molar-refractivity contribution is 1.28. The molecule has 0 bridgehead atoms. The fourth-order valence-electron chi connectivity index (χ4n) is 6.23. The molecule has 0 aliphatic heterocycles. The van der Waals surface area contributed by atoms with Crippen molar-refractivity contribution >= 4 is 17.1 Å². The monoisotopic (exact) mass is 557 g/mol. The Morgan fingerprint density at radius 1 is 0.302 bits per heavy atom. The van der Waals surface area contributed by atoms with Gasteiger partial charge in [0, 0.05) is 17.1 Å². The fourth-order valence-corrected chi connectivity index (χ4v) is 6.23. The summed E-state index contributed by atoms with van der Waals surface area (Å²) in [5.74, 6) is 0. The molecule has 0 saturated heterocycles. The van der Waals surface area contributed by atoms with Gasteiger partial charge >= 0.3 is 0 Å². The first kappa shape index (κ1) is 28.2. The predicted octanol–water partition coefficient (Wildman–Crippen LogP) is 12.0. The van der Waals surface area contributed by atoms with E-state index in [1.807, 2.05) is 0 Å². The summed E-state index contributed by atoms with van der Waals surface area (Å²) in [5.41, 5.74) is 18.7. The quantitative estimate of drug-likeness (QED) is 0.197. The van der Waals surface area contributed by atoms with Crippen LogP contribution in [0.3, 0.4) is 0 Å². The van der Waals surface area contributed by atoms with Crippen LogP contribution in [-0.4, -0.2) is 0 Å². The first-order chi connectivity index (χ1) is 20.8. The minimum Gasteiger partial charge on any atom is -0.311 e. The van der Waals surface area contributed by atoms with Gasteiger partial charge in [0.2, 0.25) is 0 Å².